The molecule has 58 heavy (non-hydrogen) atoms. The SMILES string of the molecule is C=C[C@@H]1C[C@]1(NC(=O)[C@@H]1C[C@@]2(CN1C(=O)[C@@H](NC(=O)[C@@H](NC(=O)[C@@H]1CCCCN1CC)C1CCCCC1)C(C)(C)C)C(C)(C)C21CCC1)C(=O)NS(=O)(=O)N(C)CC. The highest BCUT2D eigenvalue weighted by Crippen LogP contribution is 2.88. The van der Waals surface area contributed by atoms with E-state index >= 15 is 4.79 Å². The topological polar surface area (TPSA) is 177 Å². The zero-order chi connectivity index (χ0) is 42.6. The highest BCUT2D eigenvalue weighted by Gasteiger charge is 2.85. The first-order chi connectivity index (χ1) is 27.2. The van der Waals surface area contributed by atoms with Gasteiger partial charge in [-0.05, 0) is 86.6 Å². The van der Waals surface area contributed by atoms with Crippen LogP contribution in [0, 0.1) is 33.5 Å². The van der Waals surface area contributed by atoms with Gasteiger partial charge in [-0.3, -0.25) is 28.9 Å². The first kappa shape index (κ1) is 44.5. The van der Waals surface area contributed by atoms with Crippen LogP contribution in [0.25, 0.3) is 0 Å². The van der Waals surface area contributed by atoms with Crippen molar-refractivity contribution < 1.29 is 32.4 Å². The van der Waals surface area contributed by atoms with Crippen LogP contribution in [0.4, 0.5) is 0 Å². The molecule has 0 unspecified atom stereocenters. The quantitative estimate of drug-likeness (QED) is 0.192. The molecule has 326 valence electrons. The molecule has 14 nitrogen and oxygen atoms in total. The summed E-state index contributed by atoms with van der Waals surface area (Å²) >= 11 is 0. The molecule has 4 saturated carbocycles. The van der Waals surface area contributed by atoms with Crippen molar-refractivity contribution in [1.82, 2.24) is 34.8 Å². The normalized spacial score (nSPS) is 31.5. The predicted molar refractivity (Wildman–Crippen MR) is 222 cm³/mol. The van der Waals surface area contributed by atoms with E-state index in [1.54, 1.807) is 17.9 Å². The minimum Gasteiger partial charge on any atom is -0.343 e. The Morgan fingerprint density at radius 2 is 1.53 bits per heavy atom. The monoisotopic (exact) mass is 830 g/mol. The molecule has 6 fully saturated rings. The Hall–Kier alpha value is -3.04. The molecule has 2 aliphatic heterocycles. The second kappa shape index (κ2) is 16.1. The Balaban J connectivity index is 1.28. The largest absolute Gasteiger partial charge is 0.343 e. The zero-order valence-corrected chi connectivity index (χ0v) is 37.2. The number of fused-ring (bicyclic) bond motifs is 1. The van der Waals surface area contributed by atoms with Crippen LogP contribution in [0.2, 0.25) is 0 Å². The van der Waals surface area contributed by atoms with E-state index in [-0.39, 0.29) is 58.9 Å². The Labute approximate surface area is 347 Å². The lowest BCUT2D eigenvalue weighted by Gasteiger charge is -2.39. The maximum atomic E-state index is 15.2. The fourth-order valence-electron chi connectivity index (χ4n) is 11.7. The molecule has 0 aromatic carbocycles. The number of carbonyl (C=O) groups excluding carboxylic acids is 5. The lowest BCUT2D eigenvalue weighted by Crippen LogP contribution is -2.63. The molecule has 0 aromatic heterocycles. The molecule has 6 rings (SSSR count). The second-order valence-corrected chi connectivity index (χ2v) is 21.8. The summed E-state index contributed by atoms with van der Waals surface area (Å²) in [5.41, 5.74) is -2.81. The van der Waals surface area contributed by atoms with Crippen LogP contribution >= 0.6 is 0 Å². The van der Waals surface area contributed by atoms with Crippen molar-refractivity contribution in [2.24, 2.45) is 33.5 Å². The Kier molecular flexibility index (Phi) is 12.4. The van der Waals surface area contributed by atoms with Crippen molar-refractivity contribution in [2.45, 2.75) is 162 Å². The molecule has 2 saturated heterocycles. The van der Waals surface area contributed by atoms with Gasteiger partial charge in [-0.1, -0.05) is 86.6 Å². The zero-order valence-electron chi connectivity index (χ0n) is 36.4. The van der Waals surface area contributed by atoms with E-state index in [4.69, 9.17) is 0 Å². The highest BCUT2D eigenvalue weighted by molar-refractivity contribution is 7.87. The number of piperidine rings is 1. The van der Waals surface area contributed by atoms with Crippen LogP contribution < -0.4 is 20.7 Å². The number of hydrogen-bond acceptors (Lipinski definition) is 8. The molecule has 15 heteroatoms. The van der Waals surface area contributed by atoms with E-state index in [9.17, 15) is 27.6 Å². The van der Waals surface area contributed by atoms with Crippen LogP contribution in [0.15, 0.2) is 12.7 Å². The van der Waals surface area contributed by atoms with Crippen LogP contribution in [0.5, 0.6) is 0 Å². The van der Waals surface area contributed by atoms with E-state index in [0.29, 0.717) is 13.0 Å². The number of carbonyl (C=O) groups is 5. The van der Waals surface area contributed by atoms with Gasteiger partial charge in [0, 0.05) is 31.5 Å². The smallest absolute Gasteiger partial charge is 0.303 e. The summed E-state index contributed by atoms with van der Waals surface area (Å²) in [5, 5.41) is 9.25. The van der Waals surface area contributed by atoms with Gasteiger partial charge in [-0.25, -0.2) is 4.72 Å². The summed E-state index contributed by atoms with van der Waals surface area (Å²) in [6.07, 6.45) is 12.5. The lowest BCUT2D eigenvalue weighted by atomic mass is 9.73. The third kappa shape index (κ3) is 7.51. The molecule has 7 atom stereocenters. The molecular weight excluding hydrogens is 759 g/mol. The molecule has 4 N–H and O–H groups in total. The van der Waals surface area contributed by atoms with Crippen molar-refractivity contribution >= 4 is 39.7 Å². The molecule has 2 heterocycles. The maximum Gasteiger partial charge on any atom is 0.303 e. The molecule has 0 aromatic rings. The van der Waals surface area contributed by atoms with Crippen LogP contribution in [0.3, 0.4) is 0 Å². The number of hydrogen-bond donors (Lipinski definition) is 4. The van der Waals surface area contributed by atoms with Crippen molar-refractivity contribution in [2.75, 3.05) is 33.2 Å². The Bertz CT molecular complexity index is 1750. The van der Waals surface area contributed by atoms with Crippen molar-refractivity contribution in [3.05, 3.63) is 12.7 Å². The number of likely N-dealkylation sites (tertiary alicyclic amines) is 2. The summed E-state index contributed by atoms with van der Waals surface area (Å²) in [5.74, 6) is -2.84. The highest BCUT2D eigenvalue weighted by atomic mass is 32.2. The van der Waals surface area contributed by atoms with Gasteiger partial charge in [0.25, 0.3) is 5.91 Å². The first-order valence-corrected chi connectivity index (χ1v) is 23.5. The molecule has 0 radical (unpaired) electrons. The van der Waals surface area contributed by atoms with Crippen LogP contribution in [0.1, 0.15) is 132 Å². The Morgan fingerprint density at radius 1 is 0.879 bits per heavy atom. The minimum atomic E-state index is -4.16. The van der Waals surface area contributed by atoms with E-state index in [2.05, 4.69) is 52.9 Å². The number of amides is 5. The number of nitrogens with one attached hydrogen (secondary N) is 4. The molecule has 2 spiro atoms. The van der Waals surface area contributed by atoms with Crippen molar-refractivity contribution in [1.29, 1.82) is 0 Å². The summed E-state index contributed by atoms with van der Waals surface area (Å²) in [6.45, 7) is 19.7. The Morgan fingerprint density at radius 3 is 2.07 bits per heavy atom. The standard InChI is InChI=1S/C43H71N7O7S/c1-10-29-25-43(29,38(55)47-58(56,57)48(9)11-2)46-35(52)31-26-42(40(7,8)41(42)22-18-23-41)27-50(31)37(54)33(39(4,5)6)45-36(53)32(28-19-14-13-15-20-28)44-34(51)30-21-16-17-24-49(30)12-3/h10,28-33H,1,11-27H2,2-9H3,(H,44,51)(H,45,53)(H,46,52)(H,47,55)/t29-,30+,31+,32+,33-,42-,43-/m1/s1. The molecule has 0 bridgehead atoms. The lowest BCUT2D eigenvalue weighted by molar-refractivity contribution is -0.145. The maximum absolute atomic E-state index is 15.2. The molecular formula is C43H71N7O7S. The van der Waals surface area contributed by atoms with Crippen LogP contribution in [-0.4, -0.2) is 115 Å². The fraction of sp³-hybridized carbons (Fsp3) is 0.837. The van der Waals surface area contributed by atoms with Crippen molar-refractivity contribution in [3.63, 3.8) is 0 Å². The van der Waals surface area contributed by atoms with Gasteiger partial charge >= 0.3 is 10.2 Å². The third-order valence-electron chi connectivity index (χ3n) is 15.9. The third-order valence-corrected chi connectivity index (χ3v) is 17.5. The average molecular weight is 830 g/mol. The number of rotatable bonds is 14. The van der Waals surface area contributed by atoms with E-state index in [0.717, 1.165) is 88.0 Å². The van der Waals surface area contributed by atoms with Crippen molar-refractivity contribution in [3.8, 4) is 0 Å². The van der Waals surface area contributed by atoms with Gasteiger partial charge in [0.2, 0.25) is 23.6 Å². The molecule has 5 amide bonds. The fourth-order valence-corrected chi connectivity index (χ4v) is 12.6. The second-order valence-electron chi connectivity index (χ2n) is 20.0. The van der Waals surface area contributed by atoms with Gasteiger partial charge in [-0.2, -0.15) is 12.7 Å². The van der Waals surface area contributed by atoms with Gasteiger partial charge in [0.1, 0.15) is 23.7 Å². The average Bonchev–Trinajstić information content (AvgIpc) is 3.89. The van der Waals surface area contributed by atoms with Gasteiger partial charge in [-0.15, -0.1) is 6.58 Å². The van der Waals surface area contributed by atoms with E-state index in [1.807, 2.05) is 20.8 Å². The molecule has 6 aliphatic rings. The van der Waals surface area contributed by atoms with E-state index in [1.165, 1.54) is 7.05 Å². The predicted octanol–water partition coefficient (Wildman–Crippen LogP) is 3.63. The minimum absolute atomic E-state index is 0.0208. The van der Waals surface area contributed by atoms with E-state index < -0.39 is 57.0 Å². The first-order valence-electron chi connectivity index (χ1n) is 22.1. The summed E-state index contributed by atoms with van der Waals surface area (Å²) in [4.78, 5) is 76.0. The summed E-state index contributed by atoms with van der Waals surface area (Å²) in [7, 11) is -2.80. The van der Waals surface area contributed by atoms with Gasteiger partial charge < -0.3 is 20.9 Å². The van der Waals surface area contributed by atoms with Gasteiger partial charge in [0.15, 0.2) is 0 Å². The van der Waals surface area contributed by atoms with Gasteiger partial charge in [0.05, 0.1) is 6.04 Å². The number of likely N-dealkylation sites (N-methyl/N-ethyl adjacent to an activating group) is 1. The summed E-state index contributed by atoms with van der Waals surface area (Å²) < 4.78 is 29.0. The van der Waals surface area contributed by atoms with Crippen LogP contribution in [-0.2, 0) is 34.2 Å². The summed E-state index contributed by atoms with van der Waals surface area (Å²) in [6, 6.07) is -3.09. The molecule has 4 aliphatic carbocycles. The number of nitrogens with zero attached hydrogens (tertiary/aromatic N) is 3.